The first-order valence-corrected chi connectivity index (χ1v) is 6.65. The lowest BCUT2D eigenvalue weighted by atomic mass is 10.1. The summed E-state index contributed by atoms with van der Waals surface area (Å²) in [4.78, 5) is 0. The zero-order valence-corrected chi connectivity index (χ0v) is 11.6. The number of fused-ring (bicyclic) bond motifs is 1. The summed E-state index contributed by atoms with van der Waals surface area (Å²) in [5, 5.41) is 14.2. The molecule has 0 radical (unpaired) electrons. The van der Waals surface area contributed by atoms with Gasteiger partial charge in [-0.25, -0.2) is 0 Å². The third kappa shape index (κ3) is 2.22. The predicted octanol–water partition coefficient (Wildman–Crippen LogP) is 2.24. The number of anilines is 1. The summed E-state index contributed by atoms with van der Waals surface area (Å²) in [5.41, 5.74) is 7.37. The highest BCUT2D eigenvalue weighted by atomic mass is 35.5. The van der Waals surface area contributed by atoms with Crippen molar-refractivity contribution in [2.75, 3.05) is 5.73 Å². The Morgan fingerprint density at radius 1 is 1.42 bits per heavy atom. The second-order valence-corrected chi connectivity index (χ2v) is 5.31. The predicted molar refractivity (Wildman–Crippen MR) is 74.4 cm³/mol. The summed E-state index contributed by atoms with van der Waals surface area (Å²) in [7, 11) is 1.85. The Morgan fingerprint density at radius 3 is 3.00 bits per heavy atom. The van der Waals surface area contributed by atoms with Gasteiger partial charge in [0.2, 0.25) is 5.13 Å². The summed E-state index contributed by atoms with van der Waals surface area (Å²) in [5.74, 6) is 0. The van der Waals surface area contributed by atoms with Gasteiger partial charge in [0, 0.05) is 18.0 Å². The Kier molecular flexibility index (Phi) is 3.00. The van der Waals surface area contributed by atoms with Crippen LogP contribution in [-0.2, 0) is 13.7 Å². The SMILES string of the molecule is Cn1ncc2c(COc3nnc(N)s3)ccc(Cl)c21. The molecule has 6 nitrogen and oxygen atoms in total. The summed E-state index contributed by atoms with van der Waals surface area (Å²) in [6.07, 6.45) is 1.77. The van der Waals surface area contributed by atoms with Gasteiger partial charge in [-0.15, -0.1) is 5.10 Å². The average Bonchev–Trinajstić information content (AvgIpc) is 2.96. The quantitative estimate of drug-likeness (QED) is 0.801. The lowest BCUT2D eigenvalue weighted by molar-refractivity contribution is 0.303. The van der Waals surface area contributed by atoms with E-state index in [2.05, 4.69) is 15.3 Å². The minimum Gasteiger partial charge on any atom is -0.464 e. The molecule has 0 amide bonds. The molecule has 8 heteroatoms. The number of nitrogen functional groups attached to an aromatic ring is 1. The van der Waals surface area contributed by atoms with Crippen LogP contribution in [0.4, 0.5) is 5.13 Å². The van der Waals surface area contributed by atoms with Crippen LogP contribution in [0.5, 0.6) is 5.19 Å². The summed E-state index contributed by atoms with van der Waals surface area (Å²) >= 11 is 7.36. The summed E-state index contributed by atoms with van der Waals surface area (Å²) in [6, 6.07) is 3.75. The van der Waals surface area contributed by atoms with Crippen LogP contribution in [0.25, 0.3) is 10.9 Å². The monoisotopic (exact) mass is 295 g/mol. The van der Waals surface area contributed by atoms with Gasteiger partial charge in [-0.2, -0.15) is 5.10 Å². The summed E-state index contributed by atoms with van der Waals surface area (Å²) in [6.45, 7) is 0.369. The fourth-order valence-electron chi connectivity index (χ4n) is 1.84. The van der Waals surface area contributed by atoms with Gasteiger partial charge in [-0.1, -0.05) is 22.8 Å². The fourth-order valence-corrected chi connectivity index (χ4v) is 2.59. The van der Waals surface area contributed by atoms with Crippen molar-refractivity contribution in [3.63, 3.8) is 0 Å². The molecular formula is C11H10ClN5OS. The van der Waals surface area contributed by atoms with Crippen LogP contribution in [0, 0.1) is 0 Å². The maximum atomic E-state index is 6.16. The van der Waals surface area contributed by atoms with Gasteiger partial charge < -0.3 is 10.5 Å². The first kappa shape index (κ1) is 12.2. The van der Waals surface area contributed by atoms with Gasteiger partial charge in [0.1, 0.15) is 6.61 Å². The molecule has 0 atom stereocenters. The normalized spacial score (nSPS) is 11.1. The van der Waals surface area contributed by atoms with E-state index in [1.165, 1.54) is 11.3 Å². The molecule has 0 saturated heterocycles. The average molecular weight is 296 g/mol. The van der Waals surface area contributed by atoms with E-state index in [0.29, 0.717) is 22.0 Å². The topological polar surface area (TPSA) is 78.8 Å². The van der Waals surface area contributed by atoms with Gasteiger partial charge in [0.05, 0.1) is 16.7 Å². The van der Waals surface area contributed by atoms with E-state index in [9.17, 15) is 0 Å². The number of nitrogens with two attached hydrogens (primary N) is 1. The number of nitrogens with zero attached hydrogens (tertiary/aromatic N) is 4. The van der Waals surface area contributed by atoms with Crippen molar-refractivity contribution in [1.82, 2.24) is 20.0 Å². The number of hydrogen-bond acceptors (Lipinski definition) is 6. The van der Waals surface area contributed by atoms with Crippen molar-refractivity contribution < 1.29 is 4.74 Å². The molecule has 0 fully saturated rings. The molecule has 0 aliphatic heterocycles. The van der Waals surface area contributed by atoms with Crippen LogP contribution in [0.1, 0.15) is 5.56 Å². The Hall–Kier alpha value is -1.86. The lowest BCUT2D eigenvalue weighted by Crippen LogP contribution is -1.96. The number of halogens is 1. The number of benzene rings is 1. The number of aromatic nitrogens is 4. The van der Waals surface area contributed by atoms with Gasteiger partial charge in [-0.3, -0.25) is 4.68 Å². The Bertz CT molecular complexity index is 738. The molecule has 3 aromatic rings. The first-order chi connectivity index (χ1) is 9.15. The minimum absolute atomic E-state index is 0.369. The van der Waals surface area contributed by atoms with E-state index in [1.807, 2.05) is 19.2 Å². The third-order valence-corrected chi connectivity index (χ3v) is 3.68. The van der Waals surface area contributed by atoms with Gasteiger partial charge >= 0.3 is 0 Å². The molecule has 3 rings (SSSR count). The standard InChI is InChI=1S/C11H10ClN5OS/c1-17-9-7(4-14-17)6(2-3-8(9)12)5-18-11-16-15-10(13)19-11/h2-4H,5H2,1H3,(H2,13,15). The second kappa shape index (κ2) is 4.67. The van der Waals surface area contributed by atoms with E-state index in [1.54, 1.807) is 10.9 Å². The van der Waals surface area contributed by atoms with Crippen LogP contribution < -0.4 is 10.5 Å². The van der Waals surface area contributed by atoms with Crippen molar-refractivity contribution in [2.45, 2.75) is 6.61 Å². The molecule has 0 spiro atoms. The highest BCUT2D eigenvalue weighted by Gasteiger charge is 2.10. The van der Waals surface area contributed by atoms with Crippen molar-refractivity contribution >= 4 is 39.0 Å². The molecule has 0 saturated carbocycles. The van der Waals surface area contributed by atoms with Crippen LogP contribution in [0.2, 0.25) is 5.02 Å². The zero-order chi connectivity index (χ0) is 13.4. The second-order valence-electron chi connectivity index (χ2n) is 3.93. The molecule has 98 valence electrons. The first-order valence-electron chi connectivity index (χ1n) is 5.46. The van der Waals surface area contributed by atoms with Crippen LogP contribution in [0.15, 0.2) is 18.3 Å². The highest BCUT2D eigenvalue weighted by Crippen LogP contribution is 2.27. The van der Waals surface area contributed by atoms with Crippen LogP contribution in [-0.4, -0.2) is 20.0 Å². The molecule has 0 aliphatic carbocycles. The molecule has 0 bridgehead atoms. The van der Waals surface area contributed by atoms with Crippen molar-refractivity contribution in [3.05, 3.63) is 28.9 Å². The number of ether oxygens (including phenoxy) is 1. The van der Waals surface area contributed by atoms with Gasteiger partial charge in [-0.05, 0) is 17.4 Å². The number of aryl methyl sites for hydroxylation is 1. The lowest BCUT2D eigenvalue weighted by Gasteiger charge is -2.05. The van der Waals surface area contributed by atoms with Gasteiger partial charge in [0.25, 0.3) is 5.19 Å². The fraction of sp³-hybridized carbons (Fsp3) is 0.182. The molecule has 1 aromatic carbocycles. The van der Waals surface area contributed by atoms with Crippen molar-refractivity contribution in [1.29, 1.82) is 0 Å². The van der Waals surface area contributed by atoms with Crippen LogP contribution >= 0.6 is 22.9 Å². The Balaban J connectivity index is 1.91. The molecule has 19 heavy (non-hydrogen) atoms. The zero-order valence-electron chi connectivity index (χ0n) is 10.00. The number of hydrogen-bond donors (Lipinski definition) is 1. The molecule has 2 aromatic heterocycles. The summed E-state index contributed by atoms with van der Waals surface area (Å²) < 4.78 is 7.30. The largest absolute Gasteiger partial charge is 0.464 e. The minimum atomic E-state index is 0.369. The molecular weight excluding hydrogens is 286 g/mol. The van der Waals surface area contributed by atoms with Gasteiger partial charge in [0.15, 0.2) is 0 Å². The van der Waals surface area contributed by atoms with E-state index in [-0.39, 0.29) is 0 Å². The van der Waals surface area contributed by atoms with Crippen LogP contribution in [0.3, 0.4) is 0 Å². The van der Waals surface area contributed by atoms with E-state index in [0.717, 1.165) is 16.5 Å². The maximum absolute atomic E-state index is 6.16. The van der Waals surface area contributed by atoms with Crippen molar-refractivity contribution in [3.8, 4) is 5.19 Å². The van der Waals surface area contributed by atoms with E-state index < -0.39 is 0 Å². The number of rotatable bonds is 3. The third-order valence-electron chi connectivity index (χ3n) is 2.72. The smallest absolute Gasteiger partial charge is 0.296 e. The Labute approximate surface area is 117 Å². The Morgan fingerprint density at radius 2 is 2.26 bits per heavy atom. The van der Waals surface area contributed by atoms with Crippen molar-refractivity contribution in [2.24, 2.45) is 7.05 Å². The molecule has 2 N–H and O–H groups in total. The molecule has 0 aliphatic rings. The van der Waals surface area contributed by atoms with E-state index >= 15 is 0 Å². The van der Waals surface area contributed by atoms with E-state index in [4.69, 9.17) is 22.1 Å². The molecule has 2 heterocycles. The highest BCUT2D eigenvalue weighted by molar-refractivity contribution is 7.16. The molecule has 0 unspecified atom stereocenters. The maximum Gasteiger partial charge on any atom is 0.296 e.